The van der Waals surface area contributed by atoms with Gasteiger partial charge in [-0.25, -0.2) is 23.4 Å². The van der Waals surface area contributed by atoms with E-state index < -0.39 is 21.2 Å². The number of sulfone groups is 1. The van der Waals surface area contributed by atoms with Crippen LogP contribution in [0.2, 0.25) is 5.02 Å². The van der Waals surface area contributed by atoms with Crippen molar-refractivity contribution in [1.29, 1.82) is 0 Å². The Bertz CT molecular complexity index is 1310. The van der Waals surface area contributed by atoms with Crippen LogP contribution in [-0.2, 0) is 25.1 Å². The number of hydrogen-bond acceptors (Lipinski definition) is 10. The molecule has 1 aliphatic heterocycles. The largest absolute Gasteiger partial charge is 0.481 e. The summed E-state index contributed by atoms with van der Waals surface area (Å²) in [6.07, 6.45) is 5.44. The van der Waals surface area contributed by atoms with Crippen molar-refractivity contribution < 1.29 is 22.6 Å². The molecule has 0 radical (unpaired) electrons. The Morgan fingerprint density at radius 2 is 1.95 bits per heavy atom. The lowest BCUT2D eigenvalue weighted by Crippen LogP contribution is -2.33. The monoisotopic (exact) mass is 564 g/mol. The molecular weight excluding hydrogens is 532 g/mol. The number of pyridine rings is 1. The highest BCUT2D eigenvalue weighted by Gasteiger charge is 2.36. The van der Waals surface area contributed by atoms with E-state index in [-0.39, 0.29) is 23.7 Å². The van der Waals surface area contributed by atoms with Crippen LogP contribution in [0.3, 0.4) is 0 Å². The quantitative estimate of drug-likeness (QED) is 0.336. The van der Waals surface area contributed by atoms with Crippen LogP contribution in [-0.4, -0.2) is 70.3 Å². The van der Waals surface area contributed by atoms with Gasteiger partial charge in [0, 0.05) is 32.2 Å². The topological polar surface area (TPSA) is 131 Å². The molecule has 0 N–H and O–H groups in total. The molecule has 38 heavy (non-hydrogen) atoms. The Morgan fingerprint density at radius 3 is 2.58 bits per heavy atom. The number of halogens is 1. The summed E-state index contributed by atoms with van der Waals surface area (Å²) < 4.78 is 46.3. The maximum Gasteiger partial charge on any atom is 0.213 e. The molecule has 4 heterocycles. The third-order valence-electron chi connectivity index (χ3n) is 6.79. The molecule has 3 aromatic heterocycles. The van der Waals surface area contributed by atoms with E-state index in [2.05, 4.69) is 25.1 Å². The van der Waals surface area contributed by atoms with Gasteiger partial charge in [0.25, 0.3) is 0 Å². The van der Waals surface area contributed by atoms with Crippen LogP contribution in [0.1, 0.15) is 63.3 Å². The van der Waals surface area contributed by atoms with Crippen LogP contribution >= 0.6 is 11.6 Å². The smallest absolute Gasteiger partial charge is 0.213 e. The molecule has 4 rings (SSSR count). The van der Waals surface area contributed by atoms with E-state index in [1.165, 1.54) is 26.6 Å². The molecular formula is C25H33ClN6O5S. The van der Waals surface area contributed by atoms with Crippen molar-refractivity contribution in [2.24, 2.45) is 0 Å². The van der Waals surface area contributed by atoms with Crippen molar-refractivity contribution in [3.05, 3.63) is 47.3 Å². The average Bonchev–Trinajstić information content (AvgIpc) is 3.33. The molecule has 0 aromatic carbocycles. The van der Waals surface area contributed by atoms with Gasteiger partial charge in [-0.1, -0.05) is 24.6 Å². The Labute approximate surface area is 227 Å². The van der Waals surface area contributed by atoms with Crippen LogP contribution in [0.5, 0.6) is 5.88 Å². The molecule has 4 atom stereocenters. The molecule has 0 amide bonds. The summed E-state index contributed by atoms with van der Waals surface area (Å²) in [7, 11) is -0.840. The maximum atomic E-state index is 13.7. The second-order valence-electron chi connectivity index (χ2n) is 9.18. The van der Waals surface area contributed by atoms with Gasteiger partial charge in [-0.2, -0.15) is 0 Å². The van der Waals surface area contributed by atoms with E-state index in [1.807, 2.05) is 17.6 Å². The summed E-state index contributed by atoms with van der Waals surface area (Å²) in [4.78, 5) is 12.9. The molecule has 206 valence electrons. The number of methoxy groups -OCH3 is 2. The van der Waals surface area contributed by atoms with Crippen LogP contribution < -0.4 is 4.74 Å². The van der Waals surface area contributed by atoms with Crippen LogP contribution in [0.4, 0.5) is 0 Å². The van der Waals surface area contributed by atoms with Crippen molar-refractivity contribution in [3.63, 3.8) is 0 Å². The minimum atomic E-state index is -3.81. The summed E-state index contributed by atoms with van der Waals surface area (Å²) in [6.45, 7) is 4.29. The number of aromatic nitrogens is 6. The Hall–Kier alpha value is -2.67. The average molecular weight is 565 g/mol. The highest BCUT2D eigenvalue weighted by molar-refractivity contribution is 7.91. The van der Waals surface area contributed by atoms with Crippen molar-refractivity contribution in [2.45, 2.75) is 68.8 Å². The molecule has 11 nitrogen and oxygen atoms in total. The zero-order chi connectivity index (χ0) is 27.3. The zero-order valence-corrected chi connectivity index (χ0v) is 23.5. The standard InChI is InChI=1S/C25H33ClN6O5S/c1-5-19(20-10-6-7-12-37-20)32-21(30-31-25(32)18-9-8-11-22(29-18)35-3)15-38(33,34)16(2)23(36-4)24-27-13-17(26)14-28-24/h8-9,11,13-14,16,19-20,23H,5-7,10,12,15H2,1-4H3/t16-,19+,20-,23-/m0/s1. The third-order valence-corrected chi connectivity index (χ3v) is 9.03. The van der Waals surface area contributed by atoms with E-state index in [9.17, 15) is 8.42 Å². The predicted molar refractivity (Wildman–Crippen MR) is 142 cm³/mol. The lowest BCUT2D eigenvalue weighted by Gasteiger charge is -2.32. The number of hydrogen-bond donors (Lipinski definition) is 0. The van der Waals surface area contributed by atoms with E-state index >= 15 is 0 Å². The molecule has 1 saturated heterocycles. The normalized spacial score (nSPS) is 18.6. The van der Waals surface area contributed by atoms with Gasteiger partial charge < -0.3 is 18.8 Å². The molecule has 0 spiro atoms. The van der Waals surface area contributed by atoms with Crippen molar-refractivity contribution in [3.8, 4) is 17.4 Å². The van der Waals surface area contributed by atoms with Crippen LogP contribution in [0, 0.1) is 0 Å². The fourth-order valence-corrected chi connectivity index (χ4v) is 6.28. The number of ether oxygens (including phenoxy) is 3. The van der Waals surface area contributed by atoms with E-state index in [0.717, 1.165) is 19.3 Å². The Kier molecular flexibility index (Phi) is 9.29. The number of rotatable bonds is 11. The van der Waals surface area contributed by atoms with E-state index in [0.29, 0.717) is 41.3 Å². The molecule has 0 bridgehead atoms. The van der Waals surface area contributed by atoms with Gasteiger partial charge in [0.2, 0.25) is 5.88 Å². The molecule has 0 unspecified atom stereocenters. The van der Waals surface area contributed by atoms with Gasteiger partial charge in [0.15, 0.2) is 21.5 Å². The van der Waals surface area contributed by atoms with Crippen LogP contribution in [0.25, 0.3) is 11.5 Å². The van der Waals surface area contributed by atoms with E-state index in [4.69, 9.17) is 25.8 Å². The second kappa shape index (κ2) is 12.5. The summed E-state index contributed by atoms with van der Waals surface area (Å²) in [6, 6.07) is 5.18. The van der Waals surface area contributed by atoms with Gasteiger partial charge in [-0.05, 0) is 38.7 Å². The first-order valence-corrected chi connectivity index (χ1v) is 14.7. The molecule has 0 saturated carbocycles. The summed E-state index contributed by atoms with van der Waals surface area (Å²) in [5.41, 5.74) is 0.534. The predicted octanol–water partition coefficient (Wildman–Crippen LogP) is 4.00. The minimum absolute atomic E-state index is 0.0952. The minimum Gasteiger partial charge on any atom is -0.481 e. The lowest BCUT2D eigenvalue weighted by atomic mass is 9.99. The van der Waals surface area contributed by atoms with Gasteiger partial charge in [0.05, 0.1) is 29.5 Å². The van der Waals surface area contributed by atoms with Gasteiger partial charge in [-0.15, -0.1) is 10.2 Å². The maximum absolute atomic E-state index is 13.7. The first kappa shape index (κ1) is 28.3. The fraction of sp³-hybridized carbons (Fsp3) is 0.560. The lowest BCUT2D eigenvalue weighted by molar-refractivity contribution is -0.0179. The Balaban J connectivity index is 1.73. The molecule has 1 aliphatic rings. The molecule has 1 fully saturated rings. The molecule has 3 aromatic rings. The van der Waals surface area contributed by atoms with Crippen molar-refractivity contribution in [1.82, 2.24) is 29.7 Å². The highest BCUT2D eigenvalue weighted by Crippen LogP contribution is 2.33. The summed E-state index contributed by atoms with van der Waals surface area (Å²) in [5, 5.41) is 8.14. The first-order valence-electron chi connectivity index (χ1n) is 12.6. The van der Waals surface area contributed by atoms with Crippen molar-refractivity contribution in [2.75, 3.05) is 20.8 Å². The second-order valence-corrected chi connectivity index (χ2v) is 12.0. The molecule has 13 heteroatoms. The summed E-state index contributed by atoms with van der Waals surface area (Å²) >= 11 is 5.91. The Morgan fingerprint density at radius 1 is 1.18 bits per heavy atom. The summed E-state index contributed by atoms with van der Waals surface area (Å²) in [5.74, 6) is 1.07. The first-order chi connectivity index (χ1) is 18.3. The molecule has 0 aliphatic carbocycles. The third kappa shape index (κ3) is 6.14. The SMILES string of the molecule is CC[C@H]([C@@H]1CCCCO1)n1c(CS(=O)(=O)[C@@H](C)[C@H](OC)c2ncc(Cl)cn2)nnc1-c1cccc(OC)n1. The highest BCUT2D eigenvalue weighted by atomic mass is 35.5. The fourth-order valence-electron chi connectivity index (χ4n) is 4.75. The van der Waals surface area contributed by atoms with Gasteiger partial charge in [0.1, 0.15) is 23.4 Å². The number of nitrogens with zero attached hydrogens (tertiary/aromatic N) is 6. The zero-order valence-electron chi connectivity index (χ0n) is 21.9. The van der Waals surface area contributed by atoms with Crippen molar-refractivity contribution >= 4 is 21.4 Å². The van der Waals surface area contributed by atoms with Gasteiger partial charge in [-0.3, -0.25) is 0 Å². The van der Waals surface area contributed by atoms with Crippen LogP contribution in [0.15, 0.2) is 30.6 Å². The van der Waals surface area contributed by atoms with Gasteiger partial charge >= 0.3 is 0 Å². The van der Waals surface area contributed by atoms with E-state index in [1.54, 1.807) is 19.1 Å².